The van der Waals surface area contributed by atoms with Gasteiger partial charge in [-0.05, 0) is 23.6 Å². The van der Waals surface area contributed by atoms with Gasteiger partial charge in [0.05, 0.1) is 30.1 Å². The summed E-state index contributed by atoms with van der Waals surface area (Å²) in [6, 6.07) is 8.55. The number of benzene rings is 1. The Morgan fingerprint density at radius 2 is 2.08 bits per heavy atom. The average Bonchev–Trinajstić information content (AvgIpc) is 3.26. The highest BCUT2D eigenvalue weighted by atomic mass is 32.2. The van der Waals surface area contributed by atoms with E-state index in [4.69, 9.17) is 4.74 Å². The summed E-state index contributed by atoms with van der Waals surface area (Å²) < 4.78 is 30.3. The van der Waals surface area contributed by atoms with E-state index in [-0.39, 0.29) is 5.91 Å². The summed E-state index contributed by atoms with van der Waals surface area (Å²) in [6.45, 7) is 0. The fourth-order valence-electron chi connectivity index (χ4n) is 2.14. The van der Waals surface area contributed by atoms with Crippen molar-refractivity contribution in [1.29, 1.82) is 0 Å². The fraction of sp³-hybridized carbons (Fsp3) is 0.125. The molecule has 0 unspecified atom stereocenters. The van der Waals surface area contributed by atoms with E-state index < -0.39 is 10.0 Å². The minimum atomic E-state index is -3.43. The number of thiophene rings is 1. The van der Waals surface area contributed by atoms with Gasteiger partial charge in [0.2, 0.25) is 10.0 Å². The quantitative estimate of drug-likeness (QED) is 0.649. The minimum Gasteiger partial charge on any atom is -0.494 e. The van der Waals surface area contributed by atoms with Crippen LogP contribution in [0.2, 0.25) is 0 Å². The number of hydrogen-bond acceptors (Lipinski definition) is 7. The number of thiazole rings is 1. The average molecular weight is 410 g/mol. The standard InChI is InChI=1S/C16H15N3O4S3/c1-23-12-8-10(5-6-11(12)19-26(2,21)22)18-15(20)14-9-17-16(25-14)13-4-3-7-24-13/h3-9,19H,1-2H3,(H,18,20). The molecule has 1 aromatic carbocycles. The molecular formula is C16H15N3O4S3. The predicted molar refractivity (Wildman–Crippen MR) is 105 cm³/mol. The van der Waals surface area contributed by atoms with E-state index in [1.165, 1.54) is 30.7 Å². The molecule has 0 spiro atoms. The number of anilines is 2. The monoisotopic (exact) mass is 409 g/mol. The summed E-state index contributed by atoms with van der Waals surface area (Å²) >= 11 is 2.86. The van der Waals surface area contributed by atoms with Crippen molar-refractivity contribution in [2.75, 3.05) is 23.4 Å². The molecule has 10 heteroatoms. The maximum atomic E-state index is 12.4. The van der Waals surface area contributed by atoms with Crippen molar-refractivity contribution < 1.29 is 17.9 Å². The summed E-state index contributed by atoms with van der Waals surface area (Å²) in [5.74, 6) is 0.00739. The molecular weight excluding hydrogens is 394 g/mol. The number of methoxy groups -OCH3 is 1. The van der Waals surface area contributed by atoms with Gasteiger partial charge in [0.25, 0.3) is 5.91 Å². The molecule has 2 N–H and O–H groups in total. The molecule has 1 amide bonds. The molecule has 0 aliphatic rings. The lowest BCUT2D eigenvalue weighted by molar-refractivity contribution is 0.103. The highest BCUT2D eigenvalue weighted by molar-refractivity contribution is 7.92. The van der Waals surface area contributed by atoms with Gasteiger partial charge in [-0.15, -0.1) is 22.7 Å². The van der Waals surface area contributed by atoms with E-state index >= 15 is 0 Å². The largest absolute Gasteiger partial charge is 0.494 e. The first-order valence-corrected chi connectivity index (χ1v) is 10.9. The second-order valence-corrected chi connectivity index (χ2v) is 8.98. The van der Waals surface area contributed by atoms with Crippen molar-refractivity contribution in [3.8, 4) is 15.6 Å². The Labute approximate surface area is 158 Å². The lowest BCUT2D eigenvalue weighted by Gasteiger charge is -2.12. The zero-order chi connectivity index (χ0) is 18.7. The van der Waals surface area contributed by atoms with E-state index in [1.807, 2.05) is 17.5 Å². The van der Waals surface area contributed by atoms with Crippen LogP contribution in [0, 0.1) is 0 Å². The van der Waals surface area contributed by atoms with Crippen LogP contribution in [0.1, 0.15) is 9.67 Å². The maximum Gasteiger partial charge on any atom is 0.267 e. The van der Waals surface area contributed by atoms with E-state index in [2.05, 4.69) is 15.0 Å². The number of aromatic nitrogens is 1. The Kier molecular flexibility index (Phi) is 5.25. The third-order valence-corrected chi connectivity index (χ3v) is 5.84. The number of nitrogens with one attached hydrogen (secondary N) is 2. The molecule has 0 saturated heterocycles. The zero-order valence-corrected chi connectivity index (χ0v) is 16.3. The summed E-state index contributed by atoms with van der Waals surface area (Å²) in [6.07, 6.45) is 2.59. The molecule has 3 rings (SSSR count). The third-order valence-electron chi connectivity index (χ3n) is 3.22. The van der Waals surface area contributed by atoms with Crippen LogP contribution in [0.5, 0.6) is 5.75 Å². The third kappa shape index (κ3) is 4.40. The van der Waals surface area contributed by atoms with Crippen LogP contribution in [0.4, 0.5) is 11.4 Å². The molecule has 7 nitrogen and oxygen atoms in total. The number of sulfonamides is 1. The molecule has 136 valence electrons. The van der Waals surface area contributed by atoms with Gasteiger partial charge in [0.15, 0.2) is 0 Å². The summed E-state index contributed by atoms with van der Waals surface area (Å²) in [5.41, 5.74) is 0.780. The Morgan fingerprint density at radius 1 is 1.27 bits per heavy atom. The molecule has 0 aliphatic heterocycles. The molecule has 0 atom stereocenters. The van der Waals surface area contributed by atoms with Gasteiger partial charge in [-0.2, -0.15) is 0 Å². The van der Waals surface area contributed by atoms with Crippen LogP contribution >= 0.6 is 22.7 Å². The van der Waals surface area contributed by atoms with Crippen molar-refractivity contribution in [2.24, 2.45) is 0 Å². The molecule has 2 aromatic heterocycles. The summed E-state index contributed by atoms with van der Waals surface area (Å²) in [4.78, 5) is 18.2. The Hall–Kier alpha value is -2.43. The Bertz CT molecular complexity index is 1030. The van der Waals surface area contributed by atoms with E-state index in [0.717, 1.165) is 16.1 Å². The topological polar surface area (TPSA) is 97.4 Å². The lowest BCUT2D eigenvalue weighted by atomic mass is 10.2. The van der Waals surface area contributed by atoms with Crippen LogP contribution < -0.4 is 14.8 Å². The number of amides is 1. The number of carbonyl (C=O) groups is 1. The van der Waals surface area contributed by atoms with E-state index in [0.29, 0.717) is 22.0 Å². The zero-order valence-electron chi connectivity index (χ0n) is 13.8. The van der Waals surface area contributed by atoms with Gasteiger partial charge in [-0.3, -0.25) is 9.52 Å². The van der Waals surface area contributed by atoms with E-state index in [1.54, 1.807) is 23.5 Å². The number of hydrogen-bond donors (Lipinski definition) is 2. The second-order valence-electron chi connectivity index (χ2n) is 5.25. The number of rotatable bonds is 6. The van der Waals surface area contributed by atoms with Crippen LogP contribution in [-0.4, -0.2) is 32.7 Å². The van der Waals surface area contributed by atoms with Gasteiger partial charge in [0, 0.05) is 11.8 Å². The van der Waals surface area contributed by atoms with Crippen molar-refractivity contribution in [2.45, 2.75) is 0 Å². The lowest BCUT2D eigenvalue weighted by Crippen LogP contribution is -2.12. The molecule has 2 heterocycles. The Balaban J connectivity index is 1.77. The van der Waals surface area contributed by atoms with Crippen LogP contribution in [0.3, 0.4) is 0 Å². The minimum absolute atomic E-state index is 0.295. The van der Waals surface area contributed by atoms with Gasteiger partial charge in [0.1, 0.15) is 15.6 Å². The number of carbonyl (C=O) groups excluding carboxylic acids is 1. The van der Waals surface area contributed by atoms with Gasteiger partial charge >= 0.3 is 0 Å². The molecule has 3 aromatic rings. The van der Waals surface area contributed by atoms with Gasteiger partial charge in [-0.1, -0.05) is 6.07 Å². The number of nitrogens with zero attached hydrogens (tertiary/aromatic N) is 1. The highest BCUT2D eigenvalue weighted by Gasteiger charge is 2.14. The van der Waals surface area contributed by atoms with Crippen molar-refractivity contribution in [3.05, 3.63) is 46.8 Å². The smallest absolute Gasteiger partial charge is 0.267 e. The highest BCUT2D eigenvalue weighted by Crippen LogP contribution is 2.31. The van der Waals surface area contributed by atoms with Gasteiger partial charge < -0.3 is 10.1 Å². The normalized spacial score (nSPS) is 11.2. The predicted octanol–water partition coefficient (Wildman–Crippen LogP) is 3.50. The second kappa shape index (κ2) is 7.44. The van der Waals surface area contributed by atoms with Crippen molar-refractivity contribution in [1.82, 2.24) is 4.98 Å². The van der Waals surface area contributed by atoms with Crippen LogP contribution in [0.15, 0.2) is 41.9 Å². The molecule has 0 saturated carbocycles. The van der Waals surface area contributed by atoms with E-state index in [9.17, 15) is 13.2 Å². The van der Waals surface area contributed by atoms with Crippen LogP contribution in [0.25, 0.3) is 9.88 Å². The molecule has 0 aliphatic carbocycles. The van der Waals surface area contributed by atoms with Crippen LogP contribution in [-0.2, 0) is 10.0 Å². The SMILES string of the molecule is COc1cc(NC(=O)c2cnc(-c3cccs3)s2)ccc1NS(C)(=O)=O. The summed E-state index contributed by atoms with van der Waals surface area (Å²) in [7, 11) is -2.01. The molecule has 26 heavy (non-hydrogen) atoms. The maximum absolute atomic E-state index is 12.4. The molecule has 0 fully saturated rings. The first-order chi connectivity index (χ1) is 12.4. The summed E-state index contributed by atoms with van der Waals surface area (Å²) in [5, 5.41) is 5.50. The van der Waals surface area contributed by atoms with Gasteiger partial charge in [-0.25, -0.2) is 13.4 Å². The first-order valence-electron chi connectivity index (χ1n) is 7.32. The Morgan fingerprint density at radius 3 is 2.73 bits per heavy atom. The van der Waals surface area contributed by atoms with Crippen molar-refractivity contribution >= 4 is 50.0 Å². The van der Waals surface area contributed by atoms with Crippen molar-refractivity contribution in [3.63, 3.8) is 0 Å². The molecule has 0 bridgehead atoms. The number of ether oxygens (including phenoxy) is 1. The first kappa shape index (κ1) is 18.4. The molecule has 0 radical (unpaired) electrons. The fourth-order valence-corrected chi connectivity index (χ4v) is 4.32.